The van der Waals surface area contributed by atoms with Crippen LogP contribution in [-0.2, 0) is 19.1 Å². The molecule has 4 amide bonds. The molecule has 8 nitrogen and oxygen atoms in total. The highest BCUT2D eigenvalue weighted by Crippen LogP contribution is 2.46. The first-order chi connectivity index (χ1) is 14.1. The van der Waals surface area contributed by atoms with Crippen LogP contribution in [0.25, 0.3) is 0 Å². The molecule has 1 heterocycles. The molecule has 8 heteroatoms. The number of carbonyl (C=O) groups excluding carboxylic acids is 4. The largest absolute Gasteiger partial charge is 0.454 e. The van der Waals surface area contributed by atoms with Crippen molar-refractivity contribution in [2.75, 3.05) is 13.2 Å². The zero-order chi connectivity index (χ0) is 21.9. The normalized spacial score (nSPS) is 29.4. The zero-order valence-corrected chi connectivity index (χ0v) is 18.4. The molecule has 2 N–H and O–H groups in total. The number of rotatable bonds is 5. The van der Waals surface area contributed by atoms with Crippen LogP contribution in [0.15, 0.2) is 0 Å². The van der Waals surface area contributed by atoms with Crippen molar-refractivity contribution in [1.29, 1.82) is 0 Å². The molecule has 30 heavy (non-hydrogen) atoms. The highest BCUT2D eigenvalue weighted by Gasteiger charge is 2.56. The van der Waals surface area contributed by atoms with E-state index in [1.807, 2.05) is 0 Å². The lowest BCUT2D eigenvalue weighted by atomic mass is 9.64. The Kier molecular flexibility index (Phi) is 6.72. The fourth-order valence-corrected chi connectivity index (χ4v) is 5.66. The summed E-state index contributed by atoms with van der Waals surface area (Å²) in [6, 6.07) is -0.439. The summed E-state index contributed by atoms with van der Waals surface area (Å²) in [4.78, 5) is 50.8. The van der Waals surface area contributed by atoms with Crippen molar-refractivity contribution in [2.45, 2.75) is 90.1 Å². The summed E-state index contributed by atoms with van der Waals surface area (Å²) in [5.41, 5.74) is -1.03. The minimum Gasteiger partial charge on any atom is -0.454 e. The van der Waals surface area contributed by atoms with E-state index in [9.17, 15) is 19.2 Å². The van der Waals surface area contributed by atoms with Gasteiger partial charge in [-0.2, -0.15) is 0 Å². The average molecular weight is 422 g/mol. The summed E-state index contributed by atoms with van der Waals surface area (Å²) < 4.78 is 5.05. The van der Waals surface area contributed by atoms with Gasteiger partial charge < -0.3 is 15.4 Å². The number of imide groups is 1. The number of ether oxygens (including phenoxy) is 1. The summed E-state index contributed by atoms with van der Waals surface area (Å²) in [5.74, 6) is -1.17. The van der Waals surface area contributed by atoms with Crippen LogP contribution in [0, 0.1) is 11.3 Å². The van der Waals surface area contributed by atoms with Gasteiger partial charge in [-0.05, 0) is 43.4 Å². The Hall–Kier alpha value is -2.12. The van der Waals surface area contributed by atoms with Crippen molar-refractivity contribution in [3.05, 3.63) is 0 Å². The first-order valence-corrected chi connectivity index (χ1v) is 11.2. The maximum Gasteiger partial charge on any atom is 0.326 e. The first kappa shape index (κ1) is 22.6. The number of carbonyl (C=O) groups is 4. The molecule has 2 aliphatic carbocycles. The lowest BCUT2D eigenvalue weighted by molar-refractivity contribution is -0.151. The highest BCUT2D eigenvalue weighted by atomic mass is 16.5. The Labute approximate surface area is 178 Å². The van der Waals surface area contributed by atoms with E-state index in [1.165, 1.54) is 12.8 Å². The van der Waals surface area contributed by atoms with E-state index in [4.69, 9.17) is 4.74 Å². The van der Waals surface area contributed by atoms with Gasteiger partial charge in [0.05, 0.1) is 0 Å². The Morgan fingerprint density at radius 1 is 1.13 bits per heavy atom. The van der Waals surface area contributed by atoms with E-state index in [-0.39, 0.29) is 29.2 Å². The fourth-order valence-electron chi connectivity index (χ4n) is 5.66. The standard InChI is InChI=1S/C22H35N3O5/c1-15-10-21(2,3)14-22(11-15)19(28)25(20(29)24-22)12-18(27)30-13-17(26)23-16-8-6-4-5-7-9-16/h15-16H,4-14H2,1-3H3,(H,23,26)(H,24,29)/t15-,22+/m0/s1. The van der Waals surface area contributed by atoms with Gasteiger partial charge in [0.15, 0.2) is 6.61 Å². The third kappa shape index (κ3) is 5.32. The van der Waals surface area contributed by atoms with Crippen LogP contribution in [0.5, 0.6) is 0 Å². The Morgan fingerprint density at radius 3 is 2.43 bits per heavy atom. The van der Waals surface area contributed by atoms with E-state index < -0.39 is 30.7 Å². The van der Waals surface area contributed by atoms with E-state index in [1.54, 1.807) is 0 Å². The van der Waals surface area contributed by atoms with Crippen LogP contribution in [-0.4, -0.2) is 53.4 Å². The maximum absolute atomic E-state index is 13.1. The van der Waals surface area contributed by atoms with Crippen LogP contribution < -0.4 is 10.6 Å². The number of amides is 4. The molecule has 2 saturated carbocycles. The summed E-state index contributed by atoms with van der Waals surface area (Å²) in [6.45, 7) is 5.39. The highest BCUT2D eigenvalue weighted by molar-refractivity contribution is 6.08. The van der Waals surface area contributed by atoms with Gasteiger partial charge >= 0.3 is 12.0 Å². The minimum atomic E-state index is -0.949. The number of nitrogens with one attached hydrogen (secondary N) is 2. The molecule has 0 aromatic heterocycles. The summed E-state index contributed by atoms with van der Waals surface area (Å²) in [5, 5.41) is 5.75. The van der Waals surface area contributed by atoms with E-state index in [2.05, 4.69) is 31.4 Å². The van der Waals surface area contributed by atoms with E-state index in [0.29, 0.717) is 12.8 Å². The van der Waals surface area contributed by atoms with Crippen LogP contribution in [0.2, 0.25) is 0 Å². The van der Waals surface area contributed by atoms with Crippen molar-refractivity contribution in [3.63, 3.8) is 0 Å². The molecule has 168 valence electrons. The Morgan fingerprint density at radius 2 is 1.80 bits per heavy atom. The Bertz CT molecular complexity index is 699. The maximum atomic E-state index is 13.1. The van der Waals surface area contributed by atoms with Gasteiger partial charge in [0.1, 0.15) is 12.1 Å². The van der Waals surface area contributed by atoms with Crippen molar-refractivity contribution in [2.24, 2.45) is 11.3 Å². The van der Waals surface area contributed by atoms with E-state index >= 15 is 0 Å². The summed E-state index contributed by atoms with van der Waals surface area (Å²) >= 11 is 0. The monoisotopic (exact) mass is 421 g/mol. The van der Waals surface area contributed by atoms with E-state index in [0.717, 1.165) is 37.0 Å². The number of hydrogen-bond donors (Lipinski definition) is 2. The second-order valence-corrected chi connectivity index (χ2v) is 10.2. The van der Waals surface area contributed by atoms with Gasteiger partial charge in [0.25, 0.3) is 11.8 Å². The van der Waals surface area contributed by atoms with Gasteiger partial charge in [-0.15, -0.1) is 0 Å². The predicted octanol–water partition coefficient (Wildman–Crippen LogP) is 2.51. The molecule has 0 aromatic carbocycles. The number of nitrogens with zero attached hydrogens (tertiary/aromatic N) is 1. The molecule has 0 aromatic rings. The molecule has 1 spiro atoms. The molecule has 2 atom stereocenters. The number of hydrogen-bond acceptors (Lipinski definition) is 5. The molecule has 1 aliphatic heterocycles. The van der Waals surface area contributed by atoms with Crippen molar-refractivity contribution in [3.8, 4) is 0 Å². The predicted molar refractivity (Wildman–Crippen MR) is 110 cm³/mol. The average Bonchev–Trinajstić information content (AvgIpc) is 2.83. The second kappa shape index (κ2) is 8.94. The van der Waals surface area contributed by atoms with Gasteiger partial charge in [0.2, 0.25) is 0 Å². The molecular weight excluding hydrogens is 386 g/mol. The molecule has 3 fully saturated rings. The molecular formula is C22H35N3O5. The third-order valence-corrected chi connectivity index (χ3v) is 6.50. The van der Waals surface area contributed by atoms with Gasteiger partial charge in [-0.3, -0.25) is 19.3 Å². The summed E-state index contributed by atoms with van der Waals surface area (Å²) in [6.07, 6.45) is 8.53. The number of urea groups is 1. The van der Waals surface area contributed by atoms with Gasteiger partial charge in [0, 0.05) is 6.04 Å². The van der Waals surface area contributed by atoms with Gasteiger partial charge in [-0.25, -0.2) is 4.79 Å². The minimum absolute atomic E-state index is 0.0762. The van der Waals surface area contributed by atoms with Crippen molar-refractivity contribution >= 4 is 23.8 Å². The second-order valence-electron chi connectivity index (χ2n) is 10.2. The lowest BCUT2D eigenvalue weighted by Crippen LogP contribution is -2.54. The SMILES string of the molecule is C[C@H]1CC(C)(C)C[C@@]2(C1)NC(=O)N(CC(=O)OCC(=O)NC1CCCCCC1)C2=O. The lowest BCUT2D eigenvalue weighted by Gasteiger charge is -2.43. The van der Waals surface area contributed by atoms with Crippen LogP contribution >= 0.6 is 0 Å². The molecule has 3 rings (SSSR count). The van der Waals surface area contributed by atoms with Gasteiger partial charge in [-0.1, -0.05) is 46.5 Å². The van der Waals surface area contributed by atoms with Crippen LogP contribution in [0.4, 0.5) is 4.79 Å². The molecule has 0 bridgehead atoms. The number of esters is 1. The molecule has 0 radical (unpaired) electrons. The molecule has 3 aliphatic rings. The smallest absolute Gasteiger partial charge is 0.326 e. The fraction of sp³-hybridized carbons (Fsp3) is 0.818. The summed E-state index contributed by atoms with van der Waals surface area (Å²) in [7, 11) is 0. The third-order valence-electron chi connectivity index (χ3n) is 6.50. The first-order valence-electron chi connectivity index (χ1n) is 11.2. The van der Waals surface area contributed by atoms with Crippen LogP contribution in [0.3, 0.4) is 0 Å². The Balaban J connectivity index is 1.50. The van der Waals surface area contributed by atoms with Crippen molar-refractivity contribution in [1.82, 2.24) is 15.5 Å². The topological polar surface area (TPSA) is 105 Å². The zero-order valence-electron chi connectivity index (χ0n) is 18.4. The van der Waals surface area contributed by atoms with Crippen molar-refractivity contribution < 1.29 is 23.9 Å². The quantitative estimate of drug-likeness (QED) is 0.403. The van der Waals surface area contributed by atoms with Crippen LogP contribution in [0.1, 0.15) is 78.6 Å². The molecule has 0 unspecified atom stereocenters. The molecule has 1 saturated heterocycles.